The van der Waals surface area contributed by atoms with E-state index in [-0.39, 0.29) is 11.9 Å². The van der Waals surface area contributed by atoms with Gasteiger partial charge in [0.15, 0.2) is 0 Å². The number of pyridine rings is 1. The number of amides is 1. The third-order valence-corrected chi connectivity index (χ3v) is 3.56. The predicted octanol–water partition coefficient (Wildman–Crippen LogP) is 1.16. The first-order valence-corrected chi connectivity index (χ1v) is 6.80. The number of nitrogens with zero attached hydrogens (tertiary/aromatic N) is 3. The van der Waals surface area contributed by atoms with Gasteiger partial charge >= 0.3 is 0 Å². The summed E-state index contributed by atoms with van der Waals surface area (Å²) in [5, 5.41) is 0. The number of rotatable bonds is 2. The van der Waals surface area contributed by atoms with E-state index in [1.165, 1.54) is 0 Å². The standard InChI is InChI=1S/C14H22N4O/c1-11(15)13-4-5-16-14(10-13)18-7-3-6-17(8-9-18)12(2)19/h4-5,10-11H,3,6-9,15H2,1-2H3. The Morgan fingerprint density at radius 3 is 2.84 bits per heavy atom. The highest BCUT2D eigenvalue weighted by atomic mass is 16.2. The molecule has 1 amide bonds. The summed E-state index contributed by atoms with van der Waals surface area (Å²) in [6, 6.07) is 4.02. The number of hydrogen-bond donors (Lipinski definition) is 1. The van der Waals surface area contributed by atoms with Crippen LogP contribution in [0.15, 0.2) is 18.3 Å². The van der Waals surface area contributed by atoms with E-state index in [1.807, 2.05) is 30.2 Å². The number of nitrogens with two attached hydrogens (primary N) is 1. The molecule has 2 heterocycles. The third kappa shape index (κ3) is 3.44. The van der Waals surface area contributed by atoms with E-state index in [9.17, 15) is 4.79 Å². The van der Waals surface area contributed by atoms with Crippen LogP contribution in [0.4, 0.5) is 5.82 Å². The summed E-state index contributed by atoms with van der Waals surface area (Å²) in [7, 11) is 0. The van der Waals surface area contributed by atoms with E-state index in [2.05, 4.69) is 9.88 Å². The van der Waals surface area contributed by atoms with Crippen molar-refractivity contribution in [3.63, 3.8) is 0 Å². The zero-order valence-corrected chi connectivity index (χ0v) is 11.7. The van der Waals surface area contributed by atoms with Gasteiger partial charge in [-0.25, -0.2) is 4.98 Å². The van der Waals surface area contributed by atoms with Gasteiger partial charge in [0.1, 0.15) is 5.82 Å². The van der Waals surface area contributed by atoms with Gasteiger partial charge < -0.3 is 15.5 Å². The second kappa shape index (κ2) is 6.02. The van der Waals surface area contributed by atoms with Gasteiger partial charge in [-0.15, -0.1) is 0 Å². The molecule has 5 nitrogen and oxygen atoms in total. The van der Waals surface area contributed by atoms with Crippen molar-refractivity contribution in [2.24, 2.45) is 5.73 Å². The van der Waals surface area contributed by atoms with Crippen molar-refractivity contribution in [2.45, 2.75) is 26.3 Å². The molecule has 1 saturated heterocycles. The molecule has 0 aromatic carbocycles. The minimum Gasteiger partial charge on any atom is -0.355 e. The summed E-state index contributed by atoms with van der Waals surface area (Å²) in [5.74, 6) is 1.11. The van der Waals surface area contributed by atoms with Gasteiger partial charge in [-0.2, -0.15) is 0 Å². The Hall–Kier alpha value is -1.62. The Morgan fingerprint density at radius 1 is 1.37 bits per heavy atom. The highest BCUT2D eigenvalue weighted by molar-refractivity contribution is 5.73. The maximum atomic E-state index is 11.4. The first-order valence-electron chi connectivity index (χ1n) is 6.80. The lowest BCUT2D eigenvalue weighted by atomic mass is 10.1. The van der Waals surface area contributed by atoms with E-state index >= 15 is 0 Å². The lowest BCUT2D eigenvalue weighted by Gasteiger charge is -2.23. The molecule has 1 atom stereocenters. The molecule has 1 aliphatic heterocycles. The molecule has 0 bridgehead atoms. The van der Waals surface area contributed by atoms with E-state index in [0.717, 1.165) is 44.0 Å². The second-order valence-corrected chi connectivity index (χ2v) is 5.08. The minimum atomic E-state index is 0.0162. The van der Waals surface area contributed by atoms with Crippen molar-refractivity contribution in [3.8, 4) is 0 Å². The summed E-state index contributed by atoms with van der Waals surface area (Å²) >= 11 is 0. The Labute approximate surface area is 114 Å². The number of hydrogen-bond acceptors (Lipinski definition) is 4. The minimum absolute atomic E-state index is 0.0162. The van der Waals surface area contributed by atoms with Gasteiger partial charge in [0.2, 0.25) is 5.91 Å². The van der Waals surface area contributed by atoms with Gasteiger partial charge in [0.05, 0.1) is 0 Å². The maximum Gasteiger partial charge on any atom is 0.219 e. The lowest BCUT2D eigenvalue weighted by Crippen LogP contribution is -2.33. The molecular weight excluding hydrogens is 240 g/mol. The molecule has 2 N–H and O–H groups in total. The van der Waals surface area contributed by atoms with Gasteiger partial charge in [-0.3, -0.25) is 4.79 Å². The van der Waals surface area contributed by atoms with Crippen LogP contribution < -0.4 is 10.6 Å². The zero-order valence-electron chi connectivity index (χ0n) is 11.7. The summed E-state index contributed by atoms with van der Waals surface area (Å²) in [5.41, 5.74) is 7.00. The highest BCUT2D eigenvalue weighted by Crippen LogP contribution is 2.18. The van der Waals surface area contributed by atoms with Crippen molar-refractivity contribution >= 4 is 11.7 Å². The molecule has 0 saturated carbocycles. The van der Waals surface area contributed by atoms with E-state index < -0.39 is 0 Å². The monoisotopic (exact) mass is 262 g/mol. The van der Waals surface area contributed by atoms with Crippen molar-refractivity contribution in [2.75, 3.05) is 31.1 Å². The van der Waals surface area contributed by atoms with Crippen LogP contribution in [0.3, 0.4) is 0 Å². The smallest absolute Gasteiger partial charge is 0.219 e. The quantitative estimate of drug-likeness (QED) is 0.868. The average molecular weight is 262 g/mol. The summed E-state index contributed by atoms with van der Waals surface area (Å²) in [6.07, 6.45) is 2.78. The van der Waals surface area contributed by atoms with Crippen molar-refractivity contribution in [1.29, 1.82) is 0 Å². The molecule has 0 radical (unpaired) electrons. The number of carbonyl (C=O) groups excluding carboxylic acids is 1. The van der Waals surface area contributed by atoms with Crippen LogP contribution in [-0.2, 0) is 4.79 Å². The van der Waals surface area contributed by atoms with Crippen molar-refractivity contribution in [3.05, 3.63) is 23.9 Å². The van der Waals surface area contributed by atoms with E-state index in [0.29, 0.717) is 0 Å². The molecule has 1 aromatic rings. The fourth-order valence-electron chi connectivity index (χ4n) is 2.35. The Bertz CT molecular complexity index is 447. The topological polar surface area (TPSA) is 62.5 Å². The molecule has 104 valence electrons. The molecule has 5 heteroatoms. The second-order valence-electron chi connectivity index (χ2n) is 5.08. The maximum absolute atomic E-state index is 11.4. The number of anilines is 1. The number of carbonyl (C=O) groups is 1. The van der Waals surface area contributed by atoms with Gasteiger partial charge in [-0.05, 0) is 31.0 Å². The van der Waals surface area contributed by atoms with Crippen LogP contribution in [0, 0.1) is 0 Å². The largest absolute Gasteiger partial charge is 0.355 e. The average Bonchev–Trinajstić information content (AvgIpc) is 2.64. The molecule has 1 unspecified atom stereocenters. The Morgan fingerprint density at radius 2 is 2.16 bits per heavy atom. The molecular formula is C14H22N4O. The fraction of sp³-hybridized carbons (Fsp3) is 0.571. The Kier molecular flexibility index (Phi) is 4.37. The molecule has 19 heavy (non-hydrogen) atoms. The van der Waals surface area contributed by atoms with Crippen molar-refractivity contribution in [1.82, 2.24) is 9.88 Å². The fourth-order valence-corrected chi connectivity index (χ4v) is 2.35. The molecule has 1 aliphatic rings. The molecule has 1 fully saturated rings. The first kappa shape index (κ1) is 13.8. The van der Waals surface area contributed by atoms with Gasteiger partial charge in [0.25, 0.3) is 0 Å². The predicted molar refractivity (Wildman–Crippen MR) is 75.9 cm³/mol. The van der Waals surface area contributed by atoms with Gasteiger partial charge in [-0.1, -0.05) is 0 Å². The van der Waals surface area contributed by atoms with Crippen LogP contribution in [0.1, 0.15) is 31.9 Å². The SMILES string of the molecule is CC(=O)N1CCCN(c2cc(C(C)N)ccn2)CC1. The van der Waals surface area contributed by atoms with Crippen LogP contribution in [-0.4, -0.2) is 42.0 Å². The van der Waals surface area contributed by atoms with E-state index in [1.54, 1.807) is 6.92 Å². The molecule has 2 rings (SSSR count). The van der Waals surface area contributed by atoms with Crippen LogP contribution in [0.2, 0.25) is 0 Å². The Balaban J connectivity index is 2.09. The molecule has 0 spiro atoms. The summed E-state index contributed by atoms with van der Waals surface area (Å²) in [4.78, 5) is 20.0. The molecule has 1 aromatic heterocycles. The summed E-state index contributed by atoms with van der Waals surface area (Å²) < 4.78 is 0. The van der Waals surface area contributed by atoms with Crippen molar-refractivity contribution < 1.29 is 4.79 Å². The normalized spacial score (nSPS) is 18.1. The molecule has 0 aliphatic carbocycles. The number of aromatic nitrogens is 1. The van der Waals surface area contributed by atoms with E-state index in [4.69, 9.17) is 5.73 Å². The zero-order chi connectivity index (χ0) is 13.8. The lowest BCUT2D eigenvalue weighted by molar-refractivity contribution is -0.128. The van der Waals surface area contributed by atoms with Crippen LogP contribution >= 0.6 is 0 Å². The van der Waals surface area contributed by atoms with Crippen LogP contribution in [0.5, 0.6) is 0 Å². The summed E-state index contributed by atoms with van der Waals surface area (Å²) in [6.45, 7) is 6.95. The van der Waals surface area contributed by atoms with Crippen LogP contribution in [0.25, 0.3) is 0 Å². The first-order chi connectivity index (χ1) is 9.08. The van der Waals surface area contributed by atoms with Gasteiger partial charge in [0, 0.05) is 45.3 Å². The highest BCUT2D eigenvalue weighted by Gasteiger charge is 2.17. The third-order valence-electron chi connectivity index (χ3n) is 3.56.